The second kappa shape index (κ2) is 6.88. The standard InChI is InChI=1S/C14H13IN2O5/c1-22-14(21)8-3-2-4-9(15)12(8)16-10-7-11(19)17(5-6-18)13(10)20/h2-4,7,16,18H,5-6H2,1H3. The van der Waals surface area contributed by atoms with Gasteiger partial charge in [0.2, 0.25) is 0 Å². The van der Waals surface area contributed by atoms with Crippen LogP contribution < -0.4 is 5.32 Å². The molecule has 0 fully saturated rings. The maximum Gasteiger partial charge on any atom is 0.340 e. The molecule has 0 atom stereocenters. The Hall–Kier alpha value is -1.94. The highest BCUT2D eigenvalue weighted by Crippen LogP contribution is 2.26. The Labute approximate surface area is 140 Å². The van der Waals surface area contributed by atoms with E-state index in [1.54, 1.807) is 18.2 Å². The fourth-order valence-corrected chi connectivity index (χ4v) is 2.61. The van der Waals surface area contributed by atoms with Gasteiger partial charge in [-0.25, -0.2) is 4.79 Å². The number of nitrogens with zero attached hydrogens (tertiary/aromatic N) is 1. The van der Waals surface area contributed by atoms with E-state index >= 15 is 0 Å². The SMILES string of the molecule is COC(=O)c1cccc(I)c1NC1=CC(=O)N(CCO)C1=O. The first kappa shape index (κ1) is 16.4. The van der Waals surface area contributed by atoms with E-state index in [1.165, 1.54) is 7.11 Å². The molecule has 22 heavy (non-hydrogen) atoms. The van der Waals surface area contributed by atoms with Crippen LogP contribution in [0.4, 0.5) is 5.69 Å². The van der Waals surface area contributed by atoms with E-state index in [4.69, 9.17) is 9.84 Å². The van der Waals surface area contributed by atoms with Gasteiger partial charge >= 0.3 is 5.97 Å². The molecule has 0 aromatic heterocycles. The number of nitrogens with one attached hydrogen (secondary N) is 1. The van der Waals surface area contributed by atoms with E-state index in [0.29, 0.717) is 9.26 Å². The second-order valence-corrected chi connectivity index (χ2v) is 5.52. The molecule has 1 aromatic rings. The summed E-state index contributed by atoms with van der Waals surface area (Å²) in [5.74, 6) is -1.60. The van der Waals surface area contributed by atoms with Crippen LogP contribution in [0, 0.1) is 3.57 Å². The Morgan fingerprint density at radius 2 is 2.14 bits per heavy atom. The first-order chi connectivity index (χ1) is 10.5. The highest BCUT2D eigenvalue weighted by molar-refractivity contribution is 14.1. The summed E-state index contributed by atoms with van der Waals surface area (Å²) in [6.45, 7) is -0.385. The first-order valence-electron chi connectivity index (χ1n) is 6.31. The minimum atomic E-state index is -0.550. The van der Waals surface area contributed by atoms with E-state index in [-0.39, 0.29) is 24.4 Å². The molecule has 1 aliphatic rings. The lowest BCUT2D eigenvalue weighted by Crippen LogP contribution is -2.34. The number of anilines is 1. The van der Waals surface area contributed by atoms with Crippen molar-refractivity contribution in [2.75, 3.05) is 25.6 Å². The number of methoxy groups -OCH3 is 1. The van der Waals surface area contributed by atoms with Crippen LogP contribution in [0.5, 0.6) is 0 Å². The summed E-state index contributed by atoms with van der Waals surface area (Å²) in [4.78, 5) is 36.6. The summed E-state index contributed by atoms with van der Waals surface area (Å²) < 4.78 is 5.40. The molecule has 116 valence electrons. The zero-order valence-corrected chi connectivity index (χ0v) is 13.8. The number of esters is 1. The van der Waals surface area contributed by atoms with Gasteiger partial charge in [-0.3, -0.25) is 14.5 Å². The van der Waals surface area contributed by atoms with E-state index in [1.807, 2.05) is 22.6 Å². The van der Waals surface area contributed by atoms with Crippen LogP contribution in [0.2, 0.25) is 0 Å². The molecule has 2 N–H and O–H groups in total. The van der Waals surface area contributed by atoms with Crippen molar-refractivity contribution < 1.29 is 24.2 Å². The van der Waals surface area contributed by atoms with Crippen LogP contribution in [0.1, 0.15) is 10.4 Å². The Kier molecular flexibility index (Phi) is 5.14. The Balaban J connectivity index is 2.32. The van der Waals surface area contributed by atoms with Crippen molar-refractivity contribution in [1.29, 1.82) is 0 Å². The van der Waals surface area contributed by atoms with Crippen LogP contribution >= 0.6 is 22.6 Å². The van der Waals surface area contributed by atoms with Crippen molar-refractivity contribution in [2.24, 2.45) is 0 Å². The maximum absolute atomic E-state index is 12.1. The second-order valence-electron chi connectivity index (χ2n) is 4.36. The molecule has 0 aliphatic carbocycles. The molecule has 1 heterocycles. The highest BCUT2D eigenvalue weighted by Gasteiger charge is 2.31. The largest absolute Gasteiger partial charge is 0.465 e. The lowest BCUT2D eigenvalue weighted by Gasteiger charge is -2.15. The van der Waals surface area contributed by atoms with E-state index < -0.39 is 17.8 Å². The highest BCUT2D eigenvalue weighted by atomic mass is 127. The lowest BCUT2D eigenvalue weighted by atomic mass is 10.1. The van der Waals surface area contributed by atoms with E-state index in [9.17, 15) is 14.4 Å². The van der Waals surface area contributed by atoms with Crippen molar-refractivity contribution in [3.05, 3.63) is 39.1 Å². The van der Waals surface area contributed by atoms with Crippen LogP contribution in [-0.2, 0) is 14.3 Å². The number of rotatable bonds is 5. The summed E-state index contributed by atoms with van der Waals surface area (Å²) in [5, 5.41) is 11.7. The van der Waals surface area contributed by atoms with Crippen LogP contribution in [0.15, 0.2) is 30.0 Å². The number of ether oxygens (including phenoxy) is 1. The van der Waals surface area contributed by atoms with Crippen LogP contribution in [0.3, 0.4) is 0 Å². The van der Waals surface area contributed by atoms with Gasteiger partial charge in [0.15, 0.2) is 0 Å². The van der Waals surface area contributed by atoms with Gasteiger partial charge in [-0.15, -0.1) is 0 Å². The van der Waals surface area contributed by atoms with Crippen LogP contribution in [-0.4, -0.2) is 48.1 Å². The third kappa shape index (κ3) is 3.12. The van der Waals surface area contributed by atoms with Gasteiger partial charge < -0.3 is 15.2 Å². The number of imide groups is 1. The van der Waals surface area contributed by atoms with E-state index in [2.05, 4.69) is 5.32 Å². The van der Waals surface area contributed by atoms with Crippen molar-refractivity contribution >= 4 is 46.1 Å². The molecule has 0 saturated heterocycles. The molecule has 7 nitrogen and oxygen atoms in total. The fraction of sp³-hybridized carbons (Fsp3) is 0.214. The minimum Gasteiger partial charge on any atom is -0.465 e. The summed E-state index contributed by atoms with van der Waals surface area (Å²) in [7, 11) is 1.26. The van der Waals surface area contributed by atoms with E-state index in [0.717, 1.165) is 11.0 Å². The quantitative estimate of drug-likeness (QED) is 0.418. The third-order valence-electron chi connectivity index (χ3n) is 3.01. The topological polar surface area (TPSA) is 95.9 Å². The molecule has 0 bridgehead atoms. The molecule has 0 saturated carbocycles. The third-order valence-corrected chi connectivity index (χ3v) is 3.91. The molecule has 2 rings (SSSR count). The lowest BCUT2D eigenvalue weighted by molar-refractivity contribution is -0.137. The summed E-state index contributed by atoms with van der Waals surface area (Å²) in [6, 6.07) is 5.00. The molecule has 2 amide bonds. The molecule has 1 aromatic carbocycles. The normalized spacial score (nSPS) is 14.1. The van der Waals surface area contributed by atoms with Crippen molar-refractivity contribution in [2.45, 2.75) is 0 Å². The summed E-state index contributed by atoms with van der Waals surface area (Å²) in [5.41, 5.74) is 0.706. The zero-order chi connectivity index (χ0) is 16.3. The number of halogens is 1. The van der Waals surface area contributed by atoms with Crippen molar-refractivity contribution in [3.8, 4) is 0 Å². The molecular weight excluding hydrogens is 403 g/mol. The van der Waals surface area contributed by atoms with Crippen molar-refractivity contribution in [3.63, 3.8) is 0 Å². The molecule has 0 unspecified atom stereocenters. The number of carbonyl (C=O) groups is 3. The van der Waals surface area contributed by atoms with Gasteiger partial charge in [0.05, 0.1) is 31.5 Å². The molecule has 0 spiro atoms. The number of aliphatic hydroxyl groups is 1. The molecular formula is C14H13IN2O5. The van der Waals surface area contributed by atoms with Crippen LogP contribution in [0.25, 0.3) is 0 Å². The number of benzene rings is 1. The number of para-hydroxylation sites is 1. The van der Waals surface area contributed by atoms with Gasteiger partial charge in [-0.2, -0.15) is 0 Å². The Bertz CT molecular complexity index is 671. The number of carbonyl (C=O) groups excluding carboxylic acids is 3. The first-order valence-corrected chi connectivity index (χ1v) is 7.39. The predicted octanol–water partition coefficient (Wildman–Crippen LogP) is 0.735. The predicted molar refractivity (Wildman–Crippen MR) is 86.0 cm³/mol. The average Bonchev–Trinajstić information content (AvgIpc) is 2.76. The number of β-amino-alcohol motifs (C(OH)–C–C–N with tert-alkyl or cyclic N) is 1. The van der Waals surface area contributed by atoms with Gasteiger partial charge in [-0.1, -0.05) is 6.07 Å². The summed E-state index contributed by atoms with van der Waals surface area (Å²) >= 11 is 2.01. The van der Waals surface area contributed by atoms with Gasteiger partial charge in [0.1, 0.15) is 5.70 Å². The number of hydrogen-bond acceptors (Lipinski definition) is 6. The average molecular weight is 416 g/mol. The molecule has 8 heteroatoms. The van der Waals surface area contributed by atoms with Gasteiger partial charge in [0, 0.05) is 9.65 Å². The molecule has 1 aliphatic heterocycles. The smallest absolute Gasteiger partial charge is 0.340 e. The van der Waals surface area contributed by atoms with Gasteiger partial charge in [0.25, 0.3) is 11.8 Å². The monoisotopic (exact) mass is 416 g/mol. The number of hydrogen-bond donors (Lipinski definition) is 2. The fourth-order valence-electron chi connectivity index (χ4n) is 1.98. The Morgan fingerprint density at radius 3 is 2.77 bits per heavy atom. The summed E-state index contributed by atoms with van der Waals surface area (Å²) in [6.07, 6.45) is 1.14. The minimum absolute atomic E-state index is 0.0488. The number of amides is 2. The molecule has 0 radical (unpaired) electrons. The van der Waals surface area contributed by atoms with Crippen molar-refractivity contribution in [1.82, 2.24) is 4.90 Å². The van der Waals surface area contributed by atoms with Gasteiger partial charge in [-0.05, 0) is 34.7 Å². The Morgan fingerprint density at radius 1 is 1.41 bits per heavy atom. The zero-order valence-electron chi connectivity index (χ0n) is 11.6. The maximum atomic E-state index is 12.1. The number of aliphatic hydroxyl groups excluding tert-OH is 1.